The molecule has 0 saturated heterocycles. The van der Waals surface area contributed by atoms with Gasteiger partial charge in [0.15, 0.2) is 0 Å². The van der Waals surface area contributed by atoms with Gasteiger partial charge in [-0.05, 0) is 18.1 Å². The fraction of sp³-hybridized carbons (Fsp3) is 0.167. The molecule has 0 radical (unpaired) electrons. The molecule has 0 aliphatic heterocycles. The highest BCUT2D eigenvalue weighted by Gasteiger charge is 2.12. The van der Waals surface area contributed by atoms with Gasteiger partial charge in [0.2, 0.25) is 5.82 Å². The topological polar surface area (TPSA) is 55.0 Å². The smallest absolute Gasteiger partial charge is 0.379 e. The number of benzene rings is 1. The van der Waals surface area contributed by atoms with Crippen LogP contribution in [0.15, 0.2) is 36.7 Å². The molecule has 4 nitrogen and oxygen atoms in total. The molecule has 0 spiro atoms. The van der Waals surface area contributed by atoms with Gasteiger partial charge >= 0.3 is 5.97 Å². The first-order chi connectivity index (χ1) is 7.81. The summed E-state index contributed by atoms with van der Waals surface area (Å²) < 4.78 is 5.25. The zero-order valence-electron chi connectivity index (χ0n) is 8.93. The number of nitrogens with one attached hydrogen (secondary N) is 1. The van der Waals surface area contributed by atoms with E-state index in [2.05, 4.69) is 9.97 Å². The SMILES string of the molecule is CCc1ccccc1OC(=O)c1ncc[nH]1. The van der Waals surface area contributed by atoms with Crippen LogP contribution in [0.3, 0.4) is 0 Å². The van der Waals surface area contributed by atoms with E-state index in [9.17, 15) is 4.79 Å². The highest BCUT2D eigenvalue weighted by molar-refractivity contribution is 5.87. The molecule has 0 aliphatic rings. The minimum Gasteiger partial charge on any atom is -0.420 e. The number of para-hydroxylation sites is 1. The molecule has 1 aromatic heterocycles. The van der Waals surface area contributed by atoms with Gasteiger partial charge in [-0.1, -0.05) is 25.1 Å². The molecule has 1 heterocycles. The Morgan fingerprint density at radius 2 is 2.25 bits per heavy atom. The van der Waals surface area contributed by atoms with E-state index in [1.165, 1.54) is 6.20 Å². The lowest BCUT2D eigenvalue weighted by atomic mass is 10.1. The summed E-state index contributed by atoms with van der Waals surface area (Å²) in [6.07, 6.45) is 3.92. The number of esters is 1. The van der Waals surface area contributed by atoms with Gasteiger partial charge in [-0.15, -0.1) is 0 Å². The van der Waals surface area contributed by atoms with Crippen molar-refractivity contribution in [2.24, 2.45) is 0 Å². The summed E-state index contributed by atoms with van der Waals surface area (Å²) in [5, 5.41) is 0. The van der Waals surface area contributed by atoms with E-state index >= 15 is 0 Å². The van der Waals surface area contributed by atoms with Crippen molar-refractivity contribution in [3.8, 4) is 5.75 Å². The first-order valence-electron chi connectivity index (χ1n) is 5.10. The summed E-state index contributed by atoms with van der Waals surface area (Å²) in [7, 11) is 0. The number of hydrogen-bond donors (Lipinski definition) is 1. The molecular weight excluding hydrogens is 204 g/mol. The number of nitrogens with zero attached hydrogens (tertiary/aromatic N) is 1. The number of imidazole rings is 1. The summed E-state index contributed by atoms with van der Waals surface area (Å²) in [6, 6.07) is 7.47. The second kappa shape index (κ2) is 4.61. The van der Waals surface area contributed by atoms with Crippen LogP contribution in [0.25, 0.3) is 0 Å². The maximum atomic E-state index is 11.6. The molecule has 0 aliphatic carbocycles. The highest BCUT2D eigenvalue weighted by atomic mass is 16.5. The Bertz CT molecular complexity index is 478. The fourth-order valence-electron chi connectivity index (χ4n) is 1.42. The van der Waals surface area contributed by atoms with Crippen molar-refractivity contribution in [3.05, 3.63) is 48.0 Å². The number of H-pyrrole nitrogens is 1. The van der Waals surface area contributed by atoms with Crippen molar-refractivity contribution in [2.75, 3.05) is 0 Å². The zero-order valence-corrected chi connectivity index (χ0v) is 8.93. The average molecular weight is 216 g/mol. The summed E-state index contributed by atoms with van der Waals surface area (Å²) in [6.45, 7) is 2.01. The standard InChI is InChI=1S/C12H12N2O2/c1-2-9-5-3-4-6-10(9)16-12(15)11-13-7-8-14-11/h3-8H,2H2,1H3,(H,13,14). The van der Waals surface area contributed by atoms with E-state index in [1.54, 1.807) is 12.3 Å². The summed E-state index contributed by atoms with van der Waals surface area (Å²) in [4.78, 5) is 18.2. The third-order valence-electron chi connectivity index (χ3n) is 2.25. The third kappa shape index (κ3) is 2.11. The van der Waals surface area contributed by atoms with Gasteiger partial charge in [-0.3, -0.25) is 0 Å². The normalized spacial score (nSPS) is 10.1. The minimum absolute atomic E-state index is 0.214. The van der Waals surface area contributed by atoms with E-state index in [0.29, 0.717) is 5.75 Å². The molecule has 82 valence electrons. The molecule has 2 rings (SSSR count). The first-order valence-corrected chi connectivity index (χ1v) is 5.10. The number of aromatic amines is 1. The Morgan fingerprint density at radius 3 is 2.94 bits per heavy atom. The molecule has 1 aromatic carbocycles. The Balaban J connectivity index is 2.18. The van der Waals surface area contributed by atoms with E-state index in [1.807, 2.05) is 25.1 Å². The van der Waals surface area contributed by atoms with Crippen LogP contribution < -0.4 is 4.74 Å². The van der Waals surface area contributed by atoms with Gasteiger partial charge in [-0.25, -0.2) is 9.78 Å². The molecule has 16 heavy (non-hydrogen) atoms. The van der Waals surface area contributed by atoms with Crippen LogP contribution in [0.5, 0.6) is 5.75 Å². The second-order valence-corrected chi connectivity index (χ2v) is 3.29. The van der Waals surface area contributed by atoms with Crippen LogP contribution in [0, 0.1) is 0 Å². The molecule has 0 atom stereocenters. The van der Waals surface area contributed by atoms with E-state index in [0.717, 1.165) is 12.0 Å². The second-order valence-electron chi connectivity index (χ2n) is 3.29. The van der Waals surface area contributed by atoms with Crippen LogP contribution >= 0.6 is 0 Å². The van der Waals surface area contributed by atoms with Gasteiger partial charge in [0, 0.05) is 12.4 Å². The molecule has 4 heteroatoms. The monoisotopic (exact) mass is 216 g/mol. The van der Waals surface area contributed by atoms with Crippen LogP contribution in [-0.4, -0.2) is 15.9 Å². The van der Waals surface area contributed by atoms with E-state index < -0.39 is 5.97 Å². The summed E-state index contributed by atoms with van der Waals surface area (Å²) in [5.74, 6) is 0.336. The van der Waals surface area contributed by atoms with E-state index in [4.69, 9.17) is 4.74 Å². The summed E-state index contributed by atoms with van der Waals surface area (Å²) >= 11 is 0. The molecule has 1 N–H and O–H groups in total. The van der Waals surface area contributed by atoms with Crippen molar-refractivity contribution >= 4 is 5.97 Å². The Hall–Kier alpha value is -2.10. The Kier molecular flexibility index (Phi) is 3.00. The van der Waals surface area contributed by atoms with Crippen LogP contribution in [-0.2, 0) is 6.42 Å². The molecule has 0 fully saturated rings. The molecule has 0 unspecified atom stereocenters. The van der Waals surface area contributed by atoms with Crippen molar-refractivity contribution < 1.29 is 9.53 Å². The van der Waals surface area contributed by atoms with Crippen molar-refractivity contribution in [2.45, 2.75) is 13.3 Å². The van der Waals surface area contributed by atoms with Gasteiger partial charge in [-0.2, -0.15) is 0 Å². The highest BCUT2D eigenvalue weighted by Crippen LogP contribution is 2.19. The minimum atomic E-state index is -0.467. The number of carbonyl (C=O) groups excluding carboxylic acids is 1. The third-order valence-corrected chi connectivity index (χ3v) is 2.25. The van der Waals surface area contributed by atoms with Crippen molar-refractivity contribution in [1.29, 1.82) is 0 Å². The van der Waals surface area contributed by atoms with Gasteiger partial charge < -0.3 is 9.72 Å². The van der Waals surface area contributed by atoms with E-state index in [-0.39, 0.29) is 5.82 Å². The van der Waals surface area contributed by atoms with Gasteiger partial charge in [0.1, 0.15) is 5.75 Å². The number of aromatic nitrogens is 2. The van der Waals surface area contributed by atoms with Crippen LogP contribution in [0.2, 0.25) is 0 Å². The number of rotatable bonds is 3. The number of carbonyl (C=O) groups is 1. The van der Waals surface area contributed by atoms with Crippen molar-refractivity contribution in [1.82, 2.24) is 9.97 Å². The molecule has 0 saturated carbocycles. The largest absolute Gasteiger partial charge is 0.420 e. The van der Waals surface area contributed by atoms with Gasteiger partial charge in [0.05, 0.1) is 0 Å². The number of hydrogen-bond acceptors (Lipinski definition) is 3. The zero-order chi connectivity index (χ0) is 11.4. The molecular formula is C12H12N2O2. The van der Waals surface area contributed by atoms with Gasteiger partial charge in [0.25, 0.3) is 0 Å². The first kappa shape index (κ1) is 10.4. The number of ether oxygens (including phenoxy) is 1. The molecule has 0 bridgehead atoms. The lowest BCUT2D eigenvalue weighted by Gasteiger charge is -2.06. The fourth-order valence-corrected chi connectivity index (χ4v) is 1.42. The average Bonchev–Trinajstić information content (AvgIpc) is 2.83. The Labute approximate surface area is 93.3 Å². The lowest BCUT2D eigenvalue weighted by molar-refractivity contribution is 0.0721. The van der Waals surface area contributed by atoms with Crippen LogP contribution in [0.4, 0.5) is 0 Å². The predicted molar refractivity (Wildman–Crippen MR) is 59.4 cm³/mol. The Morgan fingerprint density at radius 1 is 1.44 bits per heavy atom. The maximum absolute atomic E-state index is 11.6. The molecule has 0 amide bonds. The predicted octanol–water partition coefficient (Wildman–Crippen LogP) is 2.19. The lowest BCUT2D eigenvalue weighted by Crippen LogP contribution is -2.11. The summed E-state index contributed by atoms with van der Waals surface area (Å²) in [5.41, 5.74) is 1.00. The van der Waals surface area contributed by atoms with Crippen LogP contribution in [0.1, 0.15) is 23.1 Å². The quantitative estimate of drug-likeness (QED) is 0.632. The van der Waals surface area contributed by atoms with Crippen molar-refractivity contribution in [3.63, 3.8) is 0 Å². The maximum Gasteiger partial charge on any atom is 0.379 e. The number of aryl methyl sites for hydroxylation is 1. The molecule has 2 aromatic rings.